The van der Waals surface area contributed by atoms with E-state index in [1.807, 2.05) is 64.1 Å². The number of carbonyl (C=O) groups is 2. The fourth-order valence-electron chi connectivity index (χ4n) is 6.48. The Kier molecular flexibility index (Phi) is 12.2. The van der Waals surface area contributed by atoms with Crippen LogP contribution in [0.3, 0.4) is 0 Å². The van der Waals surface area contributed by atoms with Crippen LogP contribution in [0.2, 0.25) is 0 Å². The van der Waals surface area contributed by atoms with Crippen molar-refractivity contribution in [3.05, 3.63) is 120 Å². The summed E-state index contributed by atoms with van der Waals surface area (Å²) in [6, 6.07) is 23.9. The number of rotatable bonds is 18. The molecule has 0 N–H and O–H groups in total. The summed E-state index contributed by atoms with van der Waals surface area (Å²) in [7, 11) is 0. The molecule has 4 aromatic rings. The summed E-state index contributed by atoms with van der Waals surface area (Å²) in [5.74, 6) is 0.710. The van der Waals surface area contributed by atoms with Crippen LogP contribution >= 0.6 is 0 Å². The second-order valence-corrected chi connectivity index (χ2v) is 12.0. The maximum Gasteiger partial charge on any atom is 0.335 e. The number of hydrogen-bond donors (Lipinski definition) is 0. The second kappa shape index (κ2) is 16.9. The molecule has 4 aromatic carbocycles. The Balaban J connectivity index is 1.99. The lowest BCUT2D eigenvalue weighted by molar-refractivity contribution is -0.130. The minimum atomic E-state index is -1.07. The summed E-state index contributed by atoms with van der Waals surface area (Å²) in [6.07, 6.45) is 5.08. The zero-order chi connectivity index (χ0) is 36.4. The molecule has 0 saturated carbocycles. The van der Waals surface area contributed by atoms with Crippen molar-refractivity contribution >= 4 is 11.9 Å². The topological polar surface area (TPSA) is 89.5 Å². The number of benzene rings is 4. The third-order valence-corrected chi connectivity index (χ3v) is 8.47. The van der Waals surface area contributed by atoms with E-state index in [9.17, 15) is 9.59 Å². The molecule has 0 fully saturated rings. The fraction of sp³-hybridized carbons (Fsp3) is 0.302. The van der Waals surface area contributed by atoms with E-state index in [0.29, 0.717) is 75.1 Å². The normalized spacial score (nSPS) is 12.2. The first-order chi connectivity index (χ1) is 24.9. The summed E-state index contributed by atoms with van der Waals surface area (Å²) < 4.78 is 37.6. The van der Waals surface area contributed by atoms with Crippen molar-refractivity contribution in [2.45, 2.75) is 58.8 Å². The van der Waals surface area contributed by atoms with Gasteiger partial charge < -0.3 is 28.4 Å². The number of hydrogen-bond acceptors (Lipinski definition) is 8. The lowest BCUT2D eigenvalue weighted by Gasteiger charge is -2.37. The van der Waals surface area contributed by atoms with E-state index >= 15 is 0 Å². The lowest BCUT2D eigenvalue weighted by Crippen LogP contribution is -2.31. The first-order valence-corrected chi connectivity index (χ1v) is 17.6. The van der Waals surface area contributed by atoms with Gasteiger partial charge in [0, 0.05) is 23.3 Å². The van der Waals surface area contributed by atoms with Gasteiger partial charge in [0.15, 0.2) is 23.0 Å². The summed E-state index contributed by atoms with van der Waals surface area (Å²) in [5, 5.41) is 0. The molecule has 0 saturated heterocycles. The van der Waals surface area contributed by atoms with Gasteiger partial charge in [-0.05, 0) is 72.2 Å². The molecule has 8 heteroatoms. The van der Waals surface area contributed by atoms with Crippen LogP contribution in [0.5, 0.6) is 34.5 Å². The summed E-state index contributed by atoms with van der Waals surface area (Å²) in [6.45, 7) is 16.7. The number of ether oxygens (including phenoxy) is 6. The molecule has 0 spiro atoms. The Morgan fingerprint density at radius 1 is 0.510 bits per heavy atom. The van der Waals surface area contributed by atoms with Gasteiger partial charge in [-0.1, -0.05) is 89.4 Å². The van der Waals surface area contributed by atoms with Gasteiger partial charge in [0.2, 0.25) is 11.5 Å². The molecule has 266 valence electrons. The maximum absolute atomic E-state index is 12.6. The van der Waals surface area contributed by atoms with Crippen molar-refractivity contribution in [2.75, 3.05) is 26.4 Å². The van der Waals surface area contributed by atoms with Gasteiger partial charge >= 0.3 is 11.9 Å². The molecule has 0 aromatic heterocycles. The van der Waals surface area contributed by atoms with Crippen LogP contribution in [0.4, 0.5) is 0 Å². The number of fused-ring (bicyclic) bond motifs is 3. The highest BCUT2D eigenvalue weighted by atomic mass is 16.6. The molecule has 0 radical (unpaired) electrons. The molecule has 0 heterocycles. The zero-order valence-corrected chi connectivity index (χ0v) is 29.9. The molecule has 1 aliphatic carbocycles. The van der Waals surface area contributed by atoms with Crippen molar-refractivity contribution in [1.82, 2.24) is 0 Å². The lowest BCUT2D eigenvalue weighted by atomic mass is 9.66. The van der Waals surface area contributed by atoms with E-state index in [1.54, 1.807) is 12.1 Å². The largest absolute Gasteiger partial charge is 0.489 e. The number of esters is 2. The monoisotopic (exact) mass is 690 g/mol. The molecule has 1 aliphatic rings. The fourth-order valence-corrected chi connectivity index (χ4v) is 6.48. The van der Waals surface area contributed by atoms with E-state index in [0.717, 1.165) is 45.5 Å². The number of carbonyl (C=O) groups excluding carboxylic acids is 2. The molecule has 51 heavy (non-hydrogen) atoms. The van der Waals surface area contributed by atoms with Crippen molar-refractivity contribution in [3.8, 4) is 45.6 Å². The van der Waals surface area contributed by atoms with Gasteiger partial charge in [0.05, 0.1) is 31.8 Å². The zero-order valence-electron chi connectivity index (χ0n) is 29.9. The minimum Gasteiger partial charge on any atom is -0.489 e. The first-order valence-electron chi connectivity index (χ1n) is 17.6. The van der Waals surface area contributed by atoms with E-state index in [1.165, 1.54) is 0 Å². The summed E-state index contributed by atoms with van der Waals surface area (Å²) in [4.78, 5) is 25.2. The molecular weight excluding hydrogens is 644 g/mol. The van der Waals surface area contributed by atoms with Crippen LogP contribution in [0.25, 0.3) is 11.1 Å². The van der Waals surface area contributed by atoms with Crippen LogP contribution in [0, 0.1) is 0 Å². The third-order valence-electron chi connectivity index (χ3n) is 8.47. The Hall–Kier alpha value is -5.50. The standard InChI is InChI=1S/C43H46O8/c1-7-25-46-39-33(21-23-35(50-37(44)11-5)41(39)48-27-9-3)43(31-19-15-13-17-29(31)30-18-14-16-20-32(30)43)34-22-24-36(51-38(45)12-6)42(49-28-10-4)40(34)47-26-8-2/h11-24H,5-10,25-28H2,1-4H3. The molecule has 8 nitrogen and oxygen atoms in total. The van der Waals surface area contributed by atoms with Crippen molar-refractivity contribution in [1.29, 1.82) is 0 Å². The Morgan fingerprint density at radius 2 is 0.863 bits per heavy atom. The highest BCUT2D eigenvalue weighted by Crippen LogP contribution is 2.62. The summed E-state index contributed by atoms with van der Waals surface area (Å²) >= 11 is 0. The quantitative estimate of drug-likeness (QED) is 0.0511. The van der Waals surface area contributed by atoms with Crippen molar-refractivity contribution < 1.29 is 38.0 Å². The van der Waals surface area contributed by atoms with Crippen LogP contribution in [-0.4, -0.2) is 38.4 Å². The molecule has 5 rings (SSSR count). The summed E-state index contributed by atoms with van der Waals surface area (Å²) in [5.41, 5.74) is 4.44. The van der Waals surface area contributed by atoms with Crippen LogP contribution < -0.4 is 28.4 Å². The van der Waals surface area contributed by atoms with Gasteiger partial charge in [0.25, 0.3) is 0 Å². The Bertz CT molecular complexity index is 1750. The minimum absolute atomic E-state index is 0.221. The van der Waals surface area contributed by atoms with Crippen molar-refractivity contribution in [3.63, 3.8) is 0 Å². The van der Waals surface area contributed by atoms with Crippen LogP contribution in [0.15, 0.2) is 98.1 Å². The van der Waals surface area contributed by atoms with Crippen molar-refractivity contribution in [2.24, 2.45) is 0 Å². The molecule has 0 bridgehead atoms. The molecule has 0 amide bonds. The van der Waals surface area contributed by atoms with Crippen LogP contribution in [0.1, 0.15) is 75.6 Å². The smallest absolute Gasteiger partial charge is 0.335 e. The highest BCUT2D eigenvalue weighted by molar-refractivity contribution is 5.90. The van der Waals surface area contributed by atoms with Gasteiger partial charge in [0.1, 0.15) is 0 Å². The maximum atomic E-state index is 12.6. The molecule has 0 unspecified atom stereocenters. The van der Waals surface area contributed by atoms with Gasteiger partial charge in [-0.25, -0.2) is 9.59 Å². The van der Waals surface area contributed by atoms with Crippen LogP contribution in [-0.2, 0) is 15.0 Å². The average Bonchev–Trinajstić information content (AvgIpc) is 3.45. The Labute approximate surface area is 300 Å². The Morgan fingerprint density at radius 3 is 1.22 bits per heavy atom. The van der Waals surface area contributed by atoms with E-state index in [2.05, 4.69) is 37.4 Å². The third kappa shape index (κ3) is 7.09. The highest BCUT2D eigenvalue weighted by Gasteiger charge is 2.51. The molecule has 0 atom stereocenters. The second-order valence-electron chi connectivity index (χ2n) is 12.0. The predicted octanol–water partition coefficient (Wildman–Crippen LogP) is 9.39. The van der Waals surface area contributed by atoms with Gasteiger partial charge in [-0.2, -0.15) is 0 Å². The molecular formula is C43H46O8. The van der Waals surface area contributed by atoms with E-state index < -0.39 is 17.4 Å². The molecule has 0 aliphatic heterocycles. The van der Waals surface area contributed by atoms with Gasteiger partial charge in [-0.15, -0.1) is 0 Å². The van der Waals surface area contributed by atoms with E-state index in [4.69, 9.17) is 28.4 Å². The van der Waals surface area contributed by atoms with E-state index in [-0.39, 0.29) is 11.5 Å². The first kappa shape index (κ1) is 36.8. The van der Waals surface area contributed by atoms with Gasteiger partial charge in [-0.3, -0.25) is 0 Å². The average molecular weight is 691 g/mol. The predicted molar refractivity (Wildman–Crippen MR) is 199 cm³/mol. The SMILES string of the molecule is C=CC(=O)Oc1ccc(C2(c3ccc(OC(=O)C=C)c(OCCC)c3OCCC)c3ccccc3-c3ccccc32)c(OCCC)c1OCCC.